The molecule has 0 fully saturated rings. The van der Waals surface area contributed by atoms with Crippen LogP contribution in [-0.4, -0.2) is 19.6 Å². The second-order valence-electron chi connectivity index (χ2n) is 4.13. The number of anilines is 2. The summed E-state index contributed by atoms with van der Waals surface area (Å²) >= 11 is 12.0. The summed E-state index contributed by atoms with van der Waals surface area (Å²) in [4.78, 5) is 13.4. The van der Waals surface area contributed by atoms with Crippen LogP contribution in [0.15, 0.2) is 48.5 Å². The highest BCUT2D eigenvalue weighted by atomic mass is 35.5. The number of ether oxygens (including phenoxy) is 1. The fraction of sp³-hybridized carbons (Fsp3) is 0.133. The van der Waals surface area contributed by atoms with E-state index in [1.54, 1.807) is 23.1 Å². The zero-order valence-electron chi connectivity index (χ0n) is 10.8. The third kappa shape index (κ3) is 3.65. The number of hydrogen-bond donors (Lipinski definition) is 0. The molecule has 0 N–H and O–H groups in total. The molecular weight excluding hydrogens is 297 g/mol. The van der Waals surface area contributed by atoms with Gasteiger partial charge >= 0.3 is 5.97 Å². The lowest BCUT2D eigenvalue weighted by Gasteiger charge is -2.24. The van der Waals surface area contributed by atoms with E-state index in [1.165, 1.54) is 7.11 Å². The number of halogens is 2. The molecule has 104 valence electrons. The van der Waals surface area contributed by atoms with Crippen LogP contribution >= 0.6 is 23.2 Å². The molecule has 0 atom stereocenters. The normalized spacial score (nSPS) is 10.2. The van der Waals surface area contributed by atoms with Crippen LogP contribution in [-0.2, 0) is 9.53 Å². The summed E-state index contributed by atoms with van der Waals surface area (Å²) in [6.45, 7) is 0.0805. The number of esters is 1. The Morgan fingerprint density at radius 3 is 2.20 bits per heavy atom. The quantitative estimate of drug-likeness (QED) is 0.788. The zero-order chi connectivity index (χ0) is 14.5. The minimum Gasteiger partial charge on any atom is -0.468 e. The van der Waals surface area contributed by atoms with Crippen molar-refractivity contribution in [3.63, 3.8) is 0 Å². The second-order valence-corrected chi connectivity index (χ2v) is 5.00. The molecule has 0 spiro atoms. The molecule has 0 saturated heterocycles. The molecular formula is C15H13Cl2NO2. The molecule has 0 radical (unpaired) electrons. The lowest BCUT2D eigenvalue weighted by molar-refractivity contribution is -0.138. The molecule has 0 aliphatic heterocycles. The molecule has 2 rings (SSSR count). The number of nitrogens with zero attached hydrogens (tertiary/aromatic N) is 1. The van der Waals surface area contributed by atoms with Crippen molar-refractivity contribution in [2.75, 3.05) is 18.6 Å². The number of carbonyl (C=O) groups is 1. The first-order chi connectivity index (χ1) is 9.60. The number of methoxy groups -OCH3 is 1. The van der Waals surface area contributed by atoms with Crippen LogP contribution in [0.2, 0.25) is 10.0 Å². The third-order valence-corrected chi connectivity index (χ3v) is 3.18. The van der Waals surface area contributed by atoms with Crippen LogP contribution < -0.4 is 4.90 Å². The van der Waals surface area contributed by atoms with Gasteiger partial charge in [0.1, 0.15) is 6.54 Å². The van der Waals surface area contributed by atoms with Gasteiger partial charge in [0.15, 0.2) is 0 Å². The number of carbonyl (C=O) groups excluding carboxylic acids is 1. The molecule has 0 saturated carbocycles. The highest BCUT2D eigenvalue weighted by Crippen LogP contribution is 2.30. The van der Waals surface area contributed by atoms with Crippen molar-refractivity contribution in [2.45, 2.75) is 0 Å². The molecule has 0 amide bonds. The molecule has 0 aliphatic rings. The third-order valence-electron chi connectivity index (χ3n) is 2.74. The molecule has 3 nitrogen and oxygen atoms in total. The van der Waals surface area contributed by atoms with Gasteiger partial charge in [-0.25, -0.2) is 0 Å². The zero-order valence-corrected chi connectivity index (χ0v) is 12.4. The van der Waals surface area contributed by atoms with E-state index in [0.29, 0.717) is 10.0 Å². The summed E-state index contributed by atoms with van der Waals surface area (Å²) in [7, 11) is 1.36. The molecule has 0 unspecified atom stereocenters. The Morgan fingerprint density at radius 2 is 1.65 bits per heavy atom. The van der Waals surface area contributed by atoms with E-state index in [9.17, 15) is 4.79 Å². The molecule has 0 aliphatic carbocycles. The van der Waals surface area contributed by atoms with E-state index in [1.807, 2.05) is 30.3 Å². The van der Waals surface area contributed by atoms with Crippen LogP contribution in [0.5, 0.6) is 0 Å². The highest BCUT2D eigenvalue weighted by Gasteiger charge is 2.15. The first-order valence-electron chi connectivity index (χ1n) is 5.95. The van der Waals surface area contributed by atoms with Crippen molar-refractivity contribution in [1.82, 2.24) is 0 Å². The second kappa shape index (κ2) is 6.64. The van der Waals surface area contributed by atoms with Gasteiger partial charge in [-0.05, 0) is 30.3 Å². The Labute approximate surface area is 127 Å². The smallest absolute Gasteiger partial charge is 0.325 e. The van der Waals surface area contributed by atoms with Crippen molar-refractivity contribution in [3.05, 3.63) is 58.6 Å². The van der Waals surface area contributed by atoms with Gasteiger partial charge in [-0.15, -0.1) is 0 Å². The number of rotatable bonds is 4. The van der Waals surface area contributed by atoms with Crippen LogP contribution in [0, 0.1) is 0 Å². The van der Waals surface area contributed by atoms with Gasteiger partial charge in [0.2, 0.25) is 0 Å². The van der Waals surface area contributed by atoms with Crippen molar-refractivity contribution in [3.8, 4) is 0 Å². The van der Waals surface area contributed by atoms with E-state index in [-0.39, 0.29) is 12.5 Å². The number of hydrogen-bond acceptors (Lipinski definition) is 3. The number of para-hydroxylation sites is 1. The van der Waals surface area contributed by atoms with Crippen molar-refractivity contribution in [2.24, 2.45) is 0 Å². The van der Waals surface area contributed by atoms with E-state index in [2.05, 4.69) is 0 Å². The molecule has 0 heterocycles. The van der Waals surface area contributed by atoms with Crippen molar-refractivity contribution < 1.29 is 9.53 Å². The van der Waals surface area contributed by atoms with Crippen LogP contribution in [0.3, 0.4) is 0 Å². The van der Waals surface area contributed by atoms with Gasteiger partial charge in [-0.1, -0.05) is 41.4 Å². The lowest BCUT2D eigenvalue weighted by Crippen LogP contribution is -2.26. The van der Waals surface area contributed by atoms with E-state index < -0.39 is 0 Å². The largest absolute Gasteiger partial charge is 0.468 e. The summed E-state index contributed by atoms with van der Waals surface area (Å²) in [5.41, 5.74) is 1.59. The lowest BCUT2D eigenvalue weighted by atomic mass is 10.2. The van der Waals surface area contributed by atoms with Crippen molar-refractivity contribution >= 4 is 40.5 Å². The van der Waals surface area contributed by atoms with Crippen LogP contribution in [0.1, 0.15) is 0 Å². The molecule has 5 heteroatoms. The van der Waals surface area contributed by atoms with Crippen LogP contribution in [0.25, 0.3) is 0 Å². The summed E-state index contributed by atoms with van der Waals surface area (Å²) in [5, 5.41) is 1.02. The SMILES string of the molecule is COC(=O)CN(c1ccccc1)c1cc(Cl)cc(Cl)c1. The standard InChI is InChI=1S/C15H13Cl2NO2/c1-20-15(19)10-18(13-5-3-2-4-6-13)14-8-11(16)7-12(17)9-14/h2-9H,10H2,1H3. The maximum absolute atomic E-state index is 11.6. The van der Waals surface area contributed by atoms with Gasteiger partial charge in [-0.3, -0.25) is 4.79 Å². The van der Waals surface area contributed by atoms with E-state index in [4.69, 9.17) is 27.9 Å². The molecule has 20 heavy (non-hydrogen) atoms. The highest BCUT2D eigenvalue weighted by molar-refractivity contribution is 6.35. The average Bonchev–Trinajstić information content (AvgIpc) is 2.44. The molecule has 2 aromatic carbocycles. The monoisotopic (exact) mass is 309 g/mol. The van der Waals surface area contributed by atoms with Crippen LogP contribution in [0.4, 0.5) is 11.4 Å². The summed E-state index contributed by atoms with van der Waals surface area (Å²) in [6.07, 6.45) is 0. The fourth-order valence-electron chi connectivity index (χ4n) is 1.83. The molecule has 0 aromatic heterocycles. The maximum Gasteiger partial charge on any atom is 0.325 e. The predicted octanol–water partition coefficient (Wildman–Crippen LogP) is 4.30. The fourth-order valence-corrected chi connectivity index (χ4v) is 2.34. The maximum atomic E-state index is 11.6. The van der Waals surface area contributed by atoms with Gasteiger partial charge in [0.25, 0.3) is 0 Å². The van der Waals surface area contributed by atoms with Crippen molar-refractivity contribution in [1.29, 1.82) is 0 Å². The predicted molar refractivity (Wildman–Crippen MR) is 81.9 cm³/mol. The first-order valence-corrected chi connectivity index (χ1v) is 6.71. The Bertz CT molecular complexity index is 582. The van der Waals surface area contributed by atoms with Gasteiger partial charge in [-0.2, -0.15) is 0 Å². The Morgan fingerprint density at radius 1 is 1.05 bits per heavy atom. The Kier molecular flexibility index (Phi) is 4.88. The van der Waals surface area contributed by atoms with Gasteiger partial charge in [0, 0.05) is 21.4 Å². The number of benzene rings is 2. The van der Waals surface area contributed by atoms with Gasteiger partial charge in [0.05, 0.1) is 7.11 Å². The minimum absolute atomic E-state index is 0.0805. The first kappa shape index (κ1) is 14.7. The Balaban J connectivity index is 2.43. The summed E-state index contributed by atoms with van der Waals surface area (Å²) in [6, 6.07) is 14.7. The van der Waals surface area contributed by atoms with E-state index in [0.717, 1.165) is 11.4 Å². The minimum atomic E-state index is -0.343. The average molecular weight is 310 g/mol. The molecule has 2 aromatic rings. The van der Waals surface area contributed by atoms with Gasteiger partial charge < -0.3 is 9.64 Å². The molecule has 0 bridgehead atoms. The topological polar surface area (TPSA) is 29.5 Å². The van der Waals surface area contributed by atoms with E-state index >= 15 is 0 Å². The summed E-state index contributed by atoms with van der Waals surface area (Å²) < 4.78 is 4.74. The summed E-state index contributed by atoms with van der Waals surface area (Å²) in [5.74, 6) is -0.343. The Hall–Kier alpha value is -1.71.